The van der Waals surface area contributed by atoms with Crippen LogP contribution in [0.4, 0.5) is 10.6 Å². The number of aliphatic hydroxyl groups excluding tert-OH is 3. The predicted octanol–water partition coefficient (Wildman–Crippen LogP) is -0.620. The van der Waals surface area contributed by atoms with Crippen molar-refractivity contribution in [1.29, 1.82) is 0 Å². The summed E-state index contributed by atoms with van der Waals surface area (Å²) >= 11 is 0. The van der Waals surface area contributed by atoms with Crippen LogP contribution in [0.25, 0.3) is 11.2 Å². The second kappa shape index (κ2) is 11.6. The van der Waals surface area contributed by atoms with Gasteiger partial charge in [0.1, 0.15) is 30.7 Å². The van der Waals surface area contributed by atoms with Crippen molar-refractivity contribution in [3.8, 4) is 0 Å². The molecular formula is C21H30N6O9. The topological polar surface area (TPSA) is 218 Å². The fourth-order valence-electron chi connectivity index (χ4n) is 3.57. The molecule has 0 saturated carbocycles. The molecule has 1 aliphatic rings. The summed E-state index contributed by atoms with van der Waals surface area (Å²) in [6.45, 7) is 5.00. The Bertz CT molecular complexity index is 1090. The highest BCUT2D eigenvalue weighted by atomic mass is 16.5. The Morgan fingerprint density at radius 1 is 1.17 bits per heavy atom. The van der Waals surface area contributed by atoms with Crippen molar-refractivity contribution in [2.45, 2.75) is 70.3 Å². The number of imidazole rings is 1. The van der Waals surface area contributed by atoms with E-state index in [2.05, 4.69) is 25.6 Å². The second-order valence-electron chi connectivity index (χ2n) is 8.86. The number of hydrogen-bond donors (Lipinski definition) is 6. The SMILES string of the molecule is CC(C)CCC(=O)O[C@H](C)[C@H](NC(=O)Nc1ncnc2c1ncn2[C@@H]1OC[C@@H](O)C(O)[C@@H]1O)C(=O)O. The van der Waals surface area contributed by atoms with Gasteiger partial charge in [-0.15, -0.1) is 0 Å². The average Bonchev–Trinajstić information content (AvgIpc) is 3.24. The molecule has 0 radical (unpaired) electrons. The number of carbonyl (C=O) groups excluding carboxylic acids is 2. The van der Waals surface area contributed by atoms with Gasteiger partial charge in [0.15, 0.2) is 29.3 Å². The van der Waals surface area contributed by atoms with Crippen molar-refractivity contribution in [1.82, 2.24) is 24.8 Å². The lowest BCUT2D eigenvalue weighted by molar-refractivity contribution is -0.210. The van der Waals surface area contributed by atoms with Gasteiger partial charge in [0.25, 0.3) is 0 Å². The highest BCUT2D eigenvalue weighted by Crippen LogP contribution is 2.28. The Morgan fingerprint density at radius 3 is 2.56 bits per heavy atom. The number of hydrogen-bond acceptors (Lipinski definition) is 11. The molecule has 1 saturated heterocycles. The number of aromatic nitrogens is 4. The van der Waals surface area contributed by atoms with Crippen molar-refractivity contribution in [2.75, 3.05) is 11.9 Å². The number of ether oxygens (including phenoxy) is 2. The first-order chi connectivity index (χ1) is 17.0. The van der Waals surface area contributed by atoms with Crippen molar-refractivity contribution >= 4 is 35.0 Å². The summed E-state index contributed by atoms with van der Waals surface area (Å²) in [6, 6.07) is -2.49. The van der Waals surface area contributed by atoms with Crippen LogP contribution in [0.3, 0.4) is 0 Å². The molecule has 198 valence electrons. The molecule has 36 heavy (non-hydrogen) atoms. The molecule has 1 aliphatic heterocycles. The number of aliphatic carboxylic acids is 1. The standard InChI is InChI=1S/C21H30N6O9/c1-9(2)4-5-12(29)36-10(3)13(20(32)33)25-21(34)26-17-14-18(23-7-22-17)27(8-24-14)19-16(31)15(30)11(28)6-35-19/h7-11,13,15-16,19,28,30-31H,4-6H2,1-3H3,(H,32,33)(H2,22,23,25,26,34)/t10-,11-,13+,15?,16+,19-/m1/s1. The molecular weight excluding hydrogens is 480 g/mol. The molecule has 2 aromatic rings. The Balaban J connectivity index is 1.71. The van der Waals surface area contributed by atoms with Gasteiger partial charge in [-0.1, -0.05) is 13.8 Å². The highest BCUT2D eigenvalue weighted by Gasteiger charge is 2.39. The number of amides is 2. The fraction of sp³-hybridized carbons (Fsp3) is 0.619. The largest absolute Gasteiger partial charge is 0.480 e. The first kappa shape index (κ1) is 27.2. The lowest BCUT2D eigenvalue weighted by Gasteiger charge is -2.35. The lowest BCUT2D eigenvalue weighted by Crippen LogP contribution is -2.50. The molecule has 3 rings (SSSR count). The van der Waals surface area contributed by atoms with Crippen LogP contribution in [0.5, 0.6) is 0 Å². The van der Waals surface area contributed by atoms with E-state index in [1.165, 1.54) is 17.8 Å². The van der Waals surface area contributed by atoms with E-state index in [1.807, 2.05) is 13.8 Å². The molecule has 0 aliphatic carbocycles. The van der Waals surface area contributed by atoms with E-state index in [-0.39, 0.29) is 35.9 Å². The lowest BCUT2D eigenvalue weighted by atomic mass is 10.0. The van der Waals surface area contributed by atoms with Crippen molar-refractivity contribution in [3.63, 3.8) is 0 Å². The molecule has 6 atom stereocenters. The molecule has 1 unspecified atom stereocenters. The summed E-state index contributed by atoms with van der Waals surface area (Å²) in [5, 5.41) is 44.0. The number of esters is 1. The summed E-state index contributed by atoms with van der Waals surface area (Å²) in [5.74, 6) is -1.79. The molecule has 6 N–H and O–H groups in total. The predicted molar refractivity (Wildman–Crippen MR) is 122 cm³/mol. The number of carboxylic acids is 1. The van der Waals surface area contributed by atoms with E-state index < -0.39 is 54.7 Å². The Hall–Kier alpha value is -3.40. The quantitative estimate of drug-likeness (QED) is 0.233. The van der Waals surface area contributed by atoms with E-state index in [0.29, 0.717) is 6.42 Å². The number of aliphatic hydroxyl groups is 3. The monoisotopic (exact) mass is 510 g/mol. The van der Waals surface area contributed by atoms with Crippen LogP contribution in [0, 0.1) is 5.92 Å². The Labute approximate surface area is 205 Å². The maximum Gasteiger partial charge on any atom is 0.330 e. The van der Waals surface area contributed by atoms with Gasteiger partial charge >= 0.3 is 18.0 Å². The third-order valence-corrected chi connectivity index (χ3v) is 5.60. The van der Waals surface area contributed by atoms with Gasteiger partial charge in [-0.25, -0.2) is 24.5 Å². The molecule has 0 bridgehead atoms. The smallest absolute Gasteiger partial charge is 0.330 e. The van der Waals surface area contributed by atoms with Gasteiger partial charge in [0, 0.05) is 6.42 Å². The van der Waals surface area contributed by atoms with Crippen molar-refractivity contribution < 1.29 is 44.3 Å². The number of urea groups is 1. The zero-order chi connectivity index (χ0) is 26.6. The minimum atomic E-state index is -1.54. The third kappa shape index (κ3) is 6.23. The van der Waals surface area contributed by atoms with Gasteiger partial charge in [-0.3, -0.25) is 14.7 Å². The number of anilines is 1. The zero-order valence-electron chi connectivity index (χ0n) is 19.9. The number of carboxylic acid groups (broad SMARTS) is 1. The van der Waals surface area contributed by atoms with Gasteiger partial charge < -0.3 is 35.2 Å². The van der Waals surface area contributed by atoms with E-state index in [9.17, 15) is 34.8 Å². The first-order valence-corrected chi connectivity index (χ1v) is 11.3. The number of rotatable bonds is 9. The minimum absolute atomic E-state index is 0.0761. The van der Waals surface area contributed by atoms with E-state index >= 15 is 0 Å². The van der Waals surface area contributed by atoms with Crippen LogP contribution in [-0.4, -0.2) is 95.0 Å². The van der Waals surface area contributed by atoms with Crippen LogP contribution in [-0.2, 0) is 19.1 Å². The summed E-state index contributed by atoms with van der Waals surface area (Å²) < 4.78 is 11.9. The van der Waals surface area contributed by atoms with Crippen LogP contribution < -0.4 is 10.6 Å². The molecule has 15 nitrogen and oxygen atoms in total. The zero-order valence-corrected chi connectivity index (χ0v) is 19.9. The van der Waals surface area contributed by atoms with E-state index in [0.717, 1.165) is 6.33 Å². The summed E-state index contributed by atoms with van der Waals surface area (Å²) in [4.78, 5) is 48.4. The van der Waals surface area contributed by atoms with Gasteiger partial charge in [-0.05, 0) is 19.3 Å². The molecule has 2 amide bonds. The van der Waals surface area contributed by atoms with Crippen molar-refractivity contribution in [3.05, 3.63) is 12.7 Å². The molecule has 0 aromatic carbocycles. The number of carbonyl (C=O) groups is 3. The van der Waals surface area contributed by atoms with Gasteiger partial charge in [-0.2, -0.15) is 0 Å². The second-order valence-corrected chi connectivity index (χ2v) is 8.86. The fourth-order valence-corrected chi connectivity index (χ4v) is 3.57. The third-order valence-electron chi connectivity index (χ3n) is 5.60. The maximum atomic E-state index is 12.6. The summed E-state index contributed by atoms with van der Waals surface area (Å²) in [7, 11) is 0. The molecule has 2 aromatic heterocycles. The Kier molecular flexibility index (Phi) is 8.73. The molecule has 1 fully saturated rings. The van der Waals surface area contributed by atoms with Gasteiger partial charge in [0.2, 0.25) is 0 Å². The Morgan fingerprint density at radius 2 is 1.89 bits per heavy atom. The molecule has 15 heteroatoms. The van der Waals surface area contributed by atoms with Crippen LogP contribution in [0.15, 0.2) is 12.7 Å². The number of nitrogens with zero attached hydrogens (tertiary/aromatic N) is 4. The number of nitrogens with one attached hydrogen (secondary N) is 2. The first-order valence-electron chi connectivity index (χ1n) is 11.3. The number of fused-ring (bicyclic) bond motifs is 1. The van der Waals surface area contributed by atoms with Crippen LogP contribution in [0.2, 0.25) is 0 Å². The summed E-state index contributed by atoms with van der Waals surface area (Å²) in [5.41, 5.74) is 0.222. The van der Waals surface area contributed by atoms with Crippen molar-refractivity contribution in [2.24, 2.45) is 5.92 Å². The van der Waals surface area contributed by atoms with Crippen LogP contribution in [0.1, 0.15) is 39.8 Å². The normalized spacial score (nSPS) is 23.8. The maximum absolute atomic E-state index is 12.6. The van der Waals surface area contributed by atoms with E-state index in [1.54, 1.807) is 0 Å². The van der Waals surface area contributed by atoms with Crippen LogP contribution >= 0.6 is 0 Å². The highest BCUT2D eigenvalue weighted by molar-refractivity contribution is 5.97. The van der Waals surface area contributed by atoms with Gasteiger partial charge in [0.05, 0.1) is 12.9 Å². The van der Waals surface area contributed by atoms with E-state index in [4.69, 9.17) is 9.47 Å². The minimum Gasteiger partial charge on any atom is -0.480 e. The average molecular weight is 511 g/mol. The molecule has 3 heterocycles. The summed E-state index contributed by atoms with van der Waals surface area (Å²) in [6.07, 6.45) is -3.42. The molecule has 0 spiro atoms.